The van der Waals surface area contributed by atoms with Gasteiger partial charge in [-0.1, -0.05) is 32.6 Å². The van der Waals surface area contributed by atoms with E-state index in [0.29, 0.717) is 23.2 Å². The van der Waals surface area contributed by atoms with Gasteiger partial charge in [0.25, 0.3) is 0 Å². The van der Waals surface area contributed by atoms with Gasteiger partial charge in [0.1, 0.15) is 5.82 Å². The van der Waals surface area contributed by atoms with Gasteiger partial charge in [-0.25, -0.2) is 19.4 Å². The summed E-state index contributed by atoms with van der Waals surface area (Å²) in [5, 5.41) is 12.8. The maximum absolute atomic E-state index is 15.0. The predicted octanol–water partition coefficient (Wildman–Crippen LogP) is 1.85. The van der Waals surface area contributed by atoms with Crippen molar-refractivity contribution in [1.29, 1.82) is 0 Å². The first-order valence-electron chi connectivity index (χ1n) is 11.0. The monoisotopic (exact) mass is 451 g/mol. The number of hydrogen-bond donors (Lipinski definition) is 2. The number of hydrogen-bond acceptors (Lipinski definition) is 6. The second-order valence-electron chi connectivity index (χ2n) is 8.84. The average Bonchev–Trinajstić information content (AvgIpc) is 3.26. The van der Waals surface area contributed by atoms with E-state index in [4.69, 9.17) is 0 Å². The molecule has 1 heterocycles. The molecule has 1 aliphatic carbocycles. The van der Waals surface area contributed by atoms with Crippen LogP contribution in [0.15, 0.2) is 0 Å². The maximum atomic E-state index is 15.0. The van der Waals surface area contributed by atoms with Crippen LogP contribution in [0.5, 0.6) is 0 Å². The molecule has 1 saturated carbocycles. The molecule has 0 unspecified atom stereocenters. The molecule has 178 valence electrons. The molecule has 2 atom stereocenters. The average molecular weight is 452 g/mol. The van der Waals surface area contributed by atoms with Crippen LogP contribution < -0.4 is 5.32 Å². The van der Waals surface area contributed by atoms with Crippen LogP contribution in [-0.4, -0.2) is 64.0 Å². The Hall–Kier alpha value is -2.62. The van der Waals surface area contributed by atoms with Gasteiger partial charge in [0.15, 0.2) is 5.82 Å². The Balaban J connectivity index is 2.09. The number of amides is 3. The van der Waals surface area contributed by atoms with Crippen molar-refractivity contribution in [3.05, 3.63) is 23.0 Å². The Morgan fingerprint density at radius 1 is 1.25 bits per heavy atom. The Bertz CT molecular complexity index is 814. The van der Waals surface area contributed by atoms with E-state index < -0.39 is 17.7 Å². The predicted molar refractivity (Wildman–Crippen MR) is 115 cm³/mol. The Labute approximate surface area is 188 Å². The van der Waals surface area contributed by atoms with Crippen molar-refractivity contribution in [2.45, 2.75) is 58.9 Å². The maximum Gasteiger partial charge on any atom is 0.233 e. The van der Waals surface area contributed by atoms with Gasteiger partial charge in [-0.3, -0.25) is 19.6 Å². The summed E-state index contributed by atoms with van der Waals surface area (Å²) in [6.07, 6.45) is 5.20. The molecule has 0 bridgehead atoms. The highest BCUT2D eigenvalue weighted by atomic mass is 19.1. The summed E-state index contributed by atoms with van der Waals surface area (Å²) in [5.41, 5.74) is 0.177. The molecular formula is C22H34FN5O4. The van der Waals surface area contributed by atoms with Crippen LogP contribution in [0.1, 0.15) is 56.2 Å². The molecule has 0 spiro atoms. The summed E-state index contributed by atoms with van der Waals surface area (Å²) < 4.78 is 15.0. The number of nitrogens with one attached hydrogen (secondary N) is 1. The summed E-state index contributed by atoms with van der Waals surface area (Å²) in [5.74, 6) is -1.48. The van der Waals surface area contributed by atoms with Crippen molar-refractivity contribution >= 4 is 18.2 Å². The van der Waals surface area contributed by atoms with Crippen molar-refractivity contribution < 1.29 is 24.0 Å². The lowest BCUT2D eigenvalue weighted by molar-refractivity contribution is -0.155. The largest absolute Gasteiger partial charge is 0.350 e. The molecule has 0 aromatic carbocycles. The smallest absolute Gasteiger partial charge is 0.233 e. The molecule has 2 rings (SSSR count). The minimum atomic E-state index is -0.640. The number of carbonyl (C=O) groups is 3. The zero-order valence-corrected chi connectivity index (χ0v) is 19.3. The van der Waals surface area contributed by atoms with Crippen LogP contribution in [0.2, 0.25) is 0 Å². The molecule has 0 aliphatic heterocycles. The van der Waals surface area contributed by atoms with E-state index in [0.717, 1.165) is 25.7 Å². The zero-order valence-electron chi connectivity index (χ0n) is 19.3. The highest BCUT2D eigenvalue weighted by molar-refractivity contribution is 5.79. The standard InChI is InChI=1S/C22H34FN5O4/c1-14(22(31)27(3)4)9-18-20(23)19(26-15(2)25-18)11-24-21(30)17(12-28(32)13-29)10-16-7-5-6-8-16/h13-14,16-17,32H,5-12H2,1-4H3,(H,24,30)/t14-,17+/m0/s1. The van der Waals surface area contributed by atoms with Crippen molar-refractivity contribution in [1.82, 2.24) is 25.2 Å². The lowest BCUT2D eigenvalue weighted by atomic mass is 9.92. The van der Waals surface area contributed by atoms with Crippen LogP contribution in [0, 0.1) is 30.5 Å². The Morgan fingerprint density at radius 2 is 1.88 bits per heavy atom. The van der Waals surface area contributed by atoms with Gasteiger partial charge in [0.05, 0.1) is 30.4 Å². The third-order valence-corrected chi connectivity index (χ3v) is 5.88. The molecule has 0 radical (unpaired) electrons. The first-order valence-corrected chi connectivity index (χ1v) is 11.0. The number of carbonyl (C=O) groups excluding carboxylic acids is 3. The van der Waals surface area contributed by atoms with Gasteiger partial charge < -0.3 is 10.2 Å². The third-order valence-electron chi connectivity index (χ3n) is 5.88. The molecule has 0 saturated heterocycles. The van der Waals surface area contributed by atoms with Crippen molar-refractivity contribution in [2.75, 3.05) is 20.6 Å². The number of aryl methyl sites for hydroxylation is 1. The number of nitrogens with zero attached hydrogens (tertiary/aromatic N) is 4. The van der Waals surface area contributed by atoms with E-state index in [1.54, 1.807) is 27.9 Å². The molecule has 3 amide bonds. The summed E-state index contributed by atoms with van der Waals surface area (Å²) in [6, 6.07) is 0. The quantitative estimate of drug-likeness (QED) is 0.301. The fourth-order valence-corrected chi connectivity index (χ4v) is 4.25. The highest BCUT2D eigenvalue weighted by Gasteiger charge is 2.27. The number of halogens is 1. The van der Waals surface area contributed by atoms with Crippen LogP contribution >= 0.6 is 0 Å². The number of aromatic nitrogens is 2. The lowest BCUT2D eigenvalue weighted by Crippen LogP contribution is -2.38. The van der Waals surface area contributed by atoms with E-state index in [-0.39, 0.29) is 49.1 Å². The first-order chi connectivity index (χ1) is 15.1. The molecule has 2 N–H and O–H groups in total. The van der Waals surface area contributed by atoms with Crippen LogP contribution in [0.3, 0.4) is 0 Å². The minimum Gasteiger partial charge on any atom is -0.350 e. The summed E-state index contributed by atoms with van der Waals surface area (Å²) in [4.78, 5) is 45.5. The Morgan fingerprint density at radius 3 is 2.47 bits per heavy atom. The van der Waals surface area contributed by atoms with Gasteiger partial charge in [0.2, 0.25) is 18.2 Å². The van der Waals surface area contributed by atoms with Crippen molar-refractivity contribution in [3.8, 4) is 0 Å². The molecular weight excluding hydrogens is 417 g/mol. The molecule has 1 aromatic rings. The third kappa shape index (κ3) is 7.22. The van der Waals surface area contributed by atoms with E-state index in [2.05, 4.69) is 15.3 Å². The second kappa shape index (κ2) is 11.8. The minimum absolute atomic E-state index is 0.0428. The lowest BCUT2D eigenvalue weighted by Gasteiger charge is -2.22. The zero-order chi connectivity index (χ0) is 23.8. The van der Waals surface area contributed by atoms with Gasteiger partial charge in [0, 0.05) is 26.4 Å². The number of rotatable bonds is 11. The summed E-state index contributed by atoms with van der Waals surface area (Å²) in [7, 11) is 3.28. The molecule has 1 aromatic heterocycles. The second-order valence-corrected chi connectivity index (χ2v) is 8.84. The van der Waals surface area contributed by atoms with Gasteiger partial charge in [-0.2, -0.15) is 0 Å². The normalized spacial score (nSPS) is 15.8. The number of hydroxylamine groups is 2. The van der Waals surface area contributed by atoms with Gasteiger partial charge in [-0.05, 0) is 19.3 Å². The molecule has 10 heteroatoms. The van der Waals surface area contributed by atoms with E-state index in [9.17, 15) is 19.6 Å². The van der Waals surface area contributed by atoms with Crippen LogP contribution in [-0.2, 0) is 27.3 Å². The van der Waals surface area contributed by atoms with Crippen molar-refractivity contribution in [3.63, 3.8) is 0 Å². The Kier molecular flexibility index (Phi) is 9.49. The van der Waals surface area contributed by atoms with E-state index >= 15 is 4.39 Å². The van der Waals surface area contributed by atoms with Crippen LogP contribution in [0.25, 0.3) is 0 Å². The first kappa shape index (κ1) is 25.6. The SMILES string of the molecule is Cc1nc(CNC(=O)[C@H](CC2CCCC2)CN(O)C=O)c(F)c(C[C@H](C)C(=O)N(C)C)n1. The van der Waals surface area contributed by atoms with Crippen LogP contribution in [0.4, 0.5) is 4.39 Å². The highest BCUT2D eigenvalue weighted by Crippen LogP contribution is 2.30. The summed E-state index contributed by atoms with van der Waals surface area (Å²) in [6.45, 7) is 3.07. The summed E-state index contributed by atoms with van der Waals surface area (Å²) >= 11 is 0. The topological polar surface area (TPSA) is 116 Å². The van der Waals surface area contributed by atoms with Crippen molar-refractivity contribution in [2.24, 2.45) is 17.8 Å². The van der Waals surface area contributed by atoms with Gasteiger partial charge >= 0.3 is 0 Å². The molecule has 1 aliphatic rings. The van der Waals surface area contributed by atoms with Gasteiger partial charge in [-0.15, -0.1) is 0 Å². The van der Waals surface area contributed by atoms with E-state index in [1.807, 2.05) is 0 Å². The fraction of sp³-hybridized carbons (Fsp3) is 0.682. The molecule has 32 heavy (non-hydrogen) atoms. The fourth-order valence-electron chi connectivity index (χ4n) is 4.25. The molecule has 1 fully saturated rings. The van der Waals surface area contributed by atoms with E-state index in [1.165, 1.54) is 4.90 Å². The molecule has 9 nitrogen and oxygen atoms in total.